The second-order valence-corrected chi connectivity index (χ2v) is 6.18. The van der Waals surface area contributed by atoms with E-state index in [1.165, 1.54) is 5.56 Å². The maximum atomic E-state index is 11.0. The van der Waals surface area contributed by atoms with Crippen molar-refractivity contribution in [2.75, 3.05) is 0 Å². The Bertz CT molecular complexity index is 514. The van der Waals surface area contributed by atoms with Crippen LogP contribution in [0.3, 0.4) is 0 Å². The minimum absolute atomic E-state index is 0.441. The third-order valence-corrected chi connectivity index (χ3v) is 5.30. The Morgan fingerprint density at radius 1 is 1.24 bits per heavy atom. The molecule has 86 valence electrons. The van der Waals surface area contributed by atoms with Crippen LogP contribution in [0, 0.1) is 0 Å². The molecule has 0 bridgehead atoms. The number of carboxylic acid groups (broad SMARTS) is 1. The summed E-state index contributed by atoms with van der Waals surface area (Å²) in [5.74, 6) is -0.837. The van der Waals surface area contributed by atoms with Crippen molar-refractivity contribution in [1.82, 2.24) is 4.98 Å². The SMILES string of the molecule is O=C(O)c1ccccc1[AsH]Cc1cccnc1. The fourth-order valence-electron chi connectivity index (χ4n) is 1.52. The molecule has 3 nitrogen and oxygen atoms in total. The molecule has 0 radical (unpaired) electrons. The molecule has 0 amide bonds. The van der Waals surface area contributed by atoms with E-state index in [1.807, 2.05) is 30.5 Å². The number of aromatic carboxylic acids is 1. The Hall–Kier alpha value is -1.60. The molecule has 2 rings (SSSR count). The van der Waals surface area contributed by atoms with E-state index in [0.717, 1.165) is 9.56 Å². The molecule has 0 spiro atoms. The van der Waals surface area contributed by atoms with E-state index in [-0.39, 0.29) is 0 Å². The van der Waals surface area contributed by atoms with Crippen molar-refractivity contribution < 1.29 is 9.90 Å². The summed E-state index contributed by atoms with van der Waals surface area (Å²) in [5, 5.41) is 10.00. The van der Waals surface area contributed by atoms with Crippen molar-refractivity contribution in [3.63, 3.8) is 0 Å². The van der Waals surface area contributed by atoms with Gasteiger partial charge in [-0.2, -0.15) is 0 Å². The van der Waals surface area contributed by atoms with Gasteiger partial charge in [-0.25, -0.2) is 0 Å². The molecule has 0 aliphatic heterocycles. The van der Waals surface area contributed by atoms with Crippen LogP contribution < -0.4 is 4.35 Å². The van der Waals surface area contributed by atoms with Crippen LogP contribution in [0.2, 0.25) is 0 Å². The van der Waals surface area contributed by atoms with E-state index in [1.54, 1.807) is 18.3 Å². The Balaban J connectivity index is 2.12. The Morgan fingerprint density at radius 3 is 2.76 bits per heavy atom. The molecule has 0 aliphatic rings. The zero-order valence-electron chi connectivity index (χ0n) is 9.13. The molecule has 2 aromatic rings. The average molecular weight is 289 g/mol. The number of aromatic nitrogens is 1. The van der Waals surface area contributed by atoms with Crippen molar-refractivity contribution in [3.05, 3.63) is 59.9 Å². The second kappa shape index (κ2) is 5.64. The predicted molar refractivity (Wildman–Crippen MR) is 68.1 cm³/mol. The molecule has 0 aliphatic carbocycles. The average Bonchev–Trinajstić information content (AvgIpc) is 2.38. The number of hydrogen-bond acceptors (Lipinski definition) is 2. The number of nitrogens with zero attached hydrogens (tertiary/aromatic N) is 1. The van der Waals surface area contributed by atoms with Gasteiger partial charge in [-0.3, -0.25) is 0 Å². The monoisotopic (exact) mass is 289 g/mol. The minimum atomic E-state index is -0.837. The van der Waals surface area contributed by atoms with Gasteiger partial charge in [-0.1, -0.05) is 0 Å². The van der Waals surface area contributed by atoms with Gasteiger partial charge in [0.05, 0.1) is 0 Å². The summed E-state index contributed by atoms with van der Waals surface area (Å²) in [4.78, 5) is 15.1. The number of hydrogen-bond donors (Lipinski definition) is 1. The van der Waals surface area contributed by atoms with Crippen LogP contribution in [0.15, 0.2) is 48.8 Å². The molecule has 0 saturated carbocycles. The first kappa shape index (κ1) is 11.9. The van der Waals surface area contributed by atoms with Gasteiger partial charge in [0.1, 0.15) is 0 Å². The van der Waals surface area contributed by atoms with Crippen LogP contribution >= 0.6 is 0 Å². The molecular formula is C13H12AsNO2. The van der Waals surface area contributed by atoms with Crippen LogP contribution in [0.4, 0.5) is 0 Å². The van der Waals surface area contributed by atoms with Crippen LogP contribution in [0.5, 0.6) is 0 Å². The topological polar surface area (TPSA) is 50.2 Å². The van der Waals surface area contributed by atoms with Crippen LogP contribution in [0.1, 0.15) is 15.9 Å². The molecule has 0 fully saturated rings. The number of benzene rings is 1. The molecule has 4 heteroatoms. The number of carboxylic acids is 1. The number of carbonyl (C=O) groups is 1. The third-order valence-electron chi connectivity index (χ3n) is 2.36. The van der Waals surface area contributed by atoms with Crippen LogP contribution in [-0.4, -0.2) is 31.8 Å². The maximum absolute atomic E-state index is 11.0. The van der Waals surface area contributed by atoms with Crippen molar-refractivity contribution in [3.8, 4) is 0 Å². The Kier molecular flexibility index (Phi) is 3.94. The zero-order valence-corrected chi connectivity index (χ0v) is 11.2. The van der Waals surface area contributed by atoms with Crippen LogP contribution in [0.25, 0.3) is 0 Å². The first-order chi connectivity index (χ1) is 8.27. The standard InChI is InChI=1S/C13H12AsNO2/c16-13(17)11-5-1-2-6-12(11)14-8-10-4-3-7-15-9-10/h1-7,9,14H,8H2,(H,16,17). The van der Waals surface area contributed by atoms with E-state index < -0.39 is 21.7 Å². The molecule has 17 heavy (non-hydrogen) atoms. The van der Waals surface area contributed by atoms with Crippen molar-refractivity contribution in [2.24, 2.45) is 0 Å². The van der Waals surface area contributed by atoms with E-state index in [9.17, 15) is 4.79 Å². The van der Waals surface area contributed by atoms with E-state index >= 15 is 0 Å². The molecule has 1 aromatic carbocycles. The second-order valence-electron chi connectivity index (χ2n) is 3.57. The first-order valence-corrected chi connectivity index (χ1v) is 7.76. The van der Waals surface area contributed by atoms with Gasteiger partial charge >= 0.3 is 106 Å². The summed E-state index contributed by atoms with van der Waals surface area (Å²) in [5.41, 5.74) is 1.61. The van der Waals surface area contributed by atoms with Crippen molar-refractivity contribution in [2.45, 2.75) is 5.21 Å². The summed E-state index contributed by atoms with van der Waals surface area (Å²) in [6.07, 6.45) is 3.58. The number of rotatable bonds is 4. The van der Waals surface area contributed by atoms with E-state index in [0.29, 0.717) is 5.56 Å². The Labute approximate surface area is 106 Å². The van der Waals surface area contributed by atoms with Gasteiger partial charge in [0.15, 0.2) is 0 Å². The zero-order chi connectivity index (χ0) is 12.1. The predicted octanol–water partition coefficient (Wildman–Crippen LogP) is 1.04. The van der Waals surface area contributed by atoms with Gasteiger partial charge in [-0.05, 0) is 0 Å². The quantitative estimate of drug-likeness (QED) is 0.856. The van der Waals surface area contributed by atoms with Gasteiger partial charge in [-0.15, -0.1) is 0 Å². The summed E-state index contributed by atoms with van der Waals surface area (Å²) in [6, 6.07) is 11.2. The van der Waals surface area contributed by atoms with Gasteiger partial charge < -0.3 is 0 Å². The fourth-order valence-corrected chi connectivity index (χ4v) is 4.04. The molecule has 1 N–H and O–H groups in total. The molecular weight excluding hydrogens is 277 g/mol. The summed E-state index contributed by atoms with van der Waals surface area (Å²) in [6.45, 7) is 0. The Morgan fingerprint density at radius 2 is 2.06 bits per heavy atom. The van der Waals surface area contributed by atoms with Gasteiger partial charge in [0.2, 0.25) is 0 Å². The summed E-state index contributed by atoms with van der Waals surface area (Å²) >= 11 is -0.470. The van der Waals surface area contributed by atoms with Crippen molar-refractivity contribution in [1.29, 1.82) is 0 Å². The molecule has 1 atom stereocenters. The summed E-state index contributed by atoms with van der Waals surface area (Å²) in [7, 11) is 0. The van der Waals surface area contributed by atoms with E-state index in [4.69, 9.17) is 5.11 Å². The van der Waals surface area contributed by atoms with Crippen LogP contribution in [-0.2, 0) is 5.21 Å². The fraction of sp³-hybridized carbons (Fsp3) is 0.0769. The molecule has 1 unspecified atom stereocenters. The van der Waals surface area contributed by atoms with Crippen molar-refractivity contribution >= 4 is 26.1 Å². The van der Waals surface area contributed by atoms with Gasteiger partial charge in [0, 0.05) is 0 Å². The number of pyridine rings is 1. The molecule has 1 heterocycles. The molecule has 1 aromatic heterocycles. The van der Waals surface area contributed by atoms with Gasteiger partial charge in [0.25, 0.3) is 0 Å². The third kappa shape index (κ3) is 3.18. The normalized spacial score (nSPS) is 10.8. The molecule has 0 saturated heterocycles. The van der Waals surface area contributed by atoms with E-state index in [2.05, 4.69) is 4.98 Å². The summed E-state index contributed by atoms with van der Waals surface area (Å²) < 4.78 is 0.990. The first-order valence-electron chi connectivity index (χ1n) is 5.22.